The predicted molar refractivity (Wildman–Crippen MR) is 138 cm³/mol. The molecule has 0 aliphatic rings. The number of nitrogens with one attached hydrogen (secondary N) is 1. The molecule has 0 spiro atoms. The molecular weight excluding hydrogens is 523 g/mol. The molecule has 38 heavy (non-hydrogen) atoms. The molecule has 0 atom stereocenters. The Labute approximate surface area is 218 Å². The molecular formula is C25H25FN2O9S. The lowest BCUT2D eigenvalue weighted by Crippen LogP contribution is -2.14. The fourth-order valence-electron chi connectivity index (χ4n) is 3.57. The van der Waals surface area contributed by atoms with Crippen molar-refractivity contribution in [1.29, 1.82) is 0 Å². The van der Waals surface area contributed by atoms with Gasteiger partial charge in [0.15, 0.2) is 28.8 Å². The Kier molecular flexibility index (Phi) is 8.63. The van der Waals surface area contributed by atoms with Gasteiger partial charge >= 0.3 is 5.69 Å². The van der Waals surface area contributed by atoms with Crippen LogP contribution in [0.25, 0.3) is 12.2 Å². The monoisotopic (exact) mass is 548 g/mol. The van der Waals surface area contributed by atoms with Crippen molar-refractivity contribution in [3.05, 3.63) is 69.5 Å². The molecule has 0 aromatic heterocycles. The molecule has 11 nitrogen and oxygen atoms in total. The molecule has 0 unspecified atom stereocenters. The number of hydrogen-bond donors (Lipinski definition) is 1. The van der Waals surface area contributed by atoms with Gasteiger partial charge in [0.05, 0.1) is 51.1 Å². The zero-order valence-corrected chi connectivity index (χ0v) is 21.9. The maximum Gasteiger partial charge on any atom is 0.312 e. The summed E-state index contributed by atoms with van der Waals surface area (Å²) in [4.78, 5) is 10.1. The largest absolute Gasteiger partial charge is 0.493 e. The van der Waals surface area contributed by atoms with Crippen molar-refractivity contribution in [3.8, 4) is 28.7 Å². The van der Waals surface area contributed by atoms with Gasteiger partial charge in [-0.3, -0.25) is 14.8 Å². The second kappa shape index (κ2) is 11.7. The summed E-state index contributed by atoms with van der Waals surface area (Å²) in [5.41, 5.74) is 0.157. The number of nitrogens with zero attached hydrogens (tertiary/aromatic N) is 1. The summed E-state index contributed by atoms with van der Waals surface area (Å²) in [5.74, 6) is -0.0852. The van der Waals surface area contributed by atoms with E-state index in [1.165, 1.54) is 41.6 Å². The van der Waals surface area contributed by atoms with Crippen LogP contribution < -0.4 is 28.4 Å². The normalized spacial score (nSPS) is 11.2. The second-order valence-electron chi connectivity index (χ2n) is 7.57. The number of anilines is 1. The Bertz CT molecular complexity index is 1470. The van der Waals surface area contributed by atoms with Crippen molar-refractivity contribution in [2.45, 2.75) is 4.90 Å². The summed E-state index contributed by atoms with van der Waals surface area (Å²) >= 11 is 0. The molecule has 13 heteroatoms. The second-order valence-corrected chi connectivity index (χ2v) is 9.25. The third kappa shape index (κ3) is 5.89. The van der Waals surface area contributed by atoms with Crippen LogP contribution in [0.5, 0.6) is 28.7 Å². The number of ether oxygens (including phenoxy) is 5. The minimum atomic E-state index is -4.38. The van der Waals surface area contributed by atoms with E-state index in [0.29, 0.717) is 22.8 Å². The Hall–Kier alpha value is -4.52. The maximum atomic E-state index is 14.9. The standard InChI is InChI=1S/C25H25FN2O9S/c1-33-21-9-8-17(14-20(21)28(29)30)38(31,32)27-19-11-15(10-18(26)24(19)36-4)6-7-16-12-22(34-2)25(37-5)23(13-16)35-3/h6-14,27H,1-5H3. The minimum absolute atomic E-state index is 0.114. The Morgan fingerprint density at radius 1 is 0.789 bits per heavy atom. The molecule has 0 bridgehead atoms. The Morgan fingerprint density at radius 2 is 1.34 bits per heavy atom. The average molecular weight is 549 g/mol. The molecule has 1 N–H and O–H groups in total. The number of methoxy groups -OCH3 is 5. The highest BCUT2D eigenvalue weighted by molar-refractivity contribution is 7.92. The summed E-state index contributed by atoms with van der Waals surface area (Å²) in [6.07, 6.45) is 3.18. The summed E-state index contributed by atoms with van der Waals surface area (Å²) in [6, 6.07) is 9.00. The number of sulfonamides is 1. The van der Waals surface area contributed by atoms with Gasteiger partial charge < -0.3 is 23.7 Å². The van der Waals surface area contributed by atoms with E-state index >= 15 is 0 Å². The molecule has 3 aromatic rings. The van der Waals surface area contributed by atoms with E-state index in [1.54, 1.807) is 24.3 Å². The summed E-state index contributed by atoms with van der Waals surface area (Å²) in [5, 5.41) is 11.3. The first-order valence-corrected chi connectivity index (χ1v) is 12.3. The first kappa shape index (κ1) is 28.1. The van der Waals surface area contributed by atoms with Crippen LogP contribution in [-0.4, -0.2) is 48.9 Å². The Balaban J connectivity index is 2.01. The van der Waals surface area contributed by atoms with Gasteiger partial charge in [-0.05, 0) is 47.5 Å². The van der Waals surface area contributed by atoms with E-state index in [4.69, 9.17) is 23.7 Å². The van der Waals surface area contributed by atoms with Crippen LogP contribution in [0.3, 0.4) is 0 Å². The van der Waals surface area contributed by atoms with Crippen LogP contribution in [0.2, 0.25) is 0 Å². The molecule has 0 radical (unpaired) electrons. The average Bonchev–Trinajstić information content (AvgIpc) is 2.90. The van der Waals surface area contributed by atoms with Crippen molar-refractivity contribution in [2.75, 3.05) is 40.3 Å². The number of nitro benzene ring substituents is 1. The van der Waals surface area contributed by atoms with Crippen LogP contribution >= 0.6 is 0 Å². The molecule has 0 aliphatic carbocycles. The lowest BCUT2D eigenvalue weighted by molar-refractivity contribution is -0.386. The van der Waals surface area contributed by atoms with Gasteiger partial charge in [-0.1, -0.05) is 12.2 Å². The molecule has 0 saturated heterocycles. The van der Waals surface area contributed by atoms with Gasteiger partial charge in [0.2, 0.25) is 5.75 Å². The zero-order valence-electron chi connectivity index (χ0n) is 21.1. The van der Waals surface area contributed by atoms with Crippen LogP contribution in [-0.2, 0) is 10.0 Å². The van der Waals surface area contributed by atoms with Gasteiger partial charge in [-0.2, -0.15) is 0 Å². The molecule has 3 rings (SSSR count). The van der Waals surface area contributed by atoms with Crippen LogP contribution in [0, 0.1) is 15.9 Å². The number of rotatable bonds is 11. The molecule has 0 fully saturated rings. The summed E-state index contributed by atoms with van der Waals surface area (Å²) < 4.78 is 69.1. The van der Waals surface area contributed by atoms with Crippen molar-refractivity contribution in [3.63, 3.8) is 0 Å². The third-order valence-corrected chi connectivity index (χ3v) is 6.69. The van der Waals surface area contributed by atoms with Gasteiger partial charge in [0.25, 0.3) is 10.0 Å². The van der Waals surface area contributed by atoms with Crippen LogP contribution in [0.15, 0.2) is 47.4 Å². The van der Waals surface area contributed by atoms with E-state index in [1.807, 2.05) is 0 Å². The van der Waals surface area contributed by atoms with Crippen LogP contribution in [0.1, 0.15) is 11.1 Å². The fourth-order valence-corrected chi connectivity index (χ4v) is 4.64. The maximum absolute atomic E-state index is 14.9. The smallest absolute Gasteiger partial charge is 0.312 e. The first-order valence-electron chi connectivity index (χ1n) is 10.8. The molecule has 0 heterocycles. The highest BCUT2D eigenvalue weighted by Crippen LogP contribution is 2.39. The van der Waals surface area contributed by atoms with E-state index < -0.39 is 31.3 Å². The third-order valence-electron chi connectivity index (χ3n) is 5.33. The van der Waals surface area contributed by atoms with Crippen molar-refractivity contribution < 1.29 is 41.4 Å². The molecule has 0 amide bonds. The summed E-state index contributed by atoms with van der Waals surface area (Å²) in [7, 11) is 2.44. The van der Waals surface area contributed by atoms with Crippen molar-refractivity contribution in [1.82, 2.24) is 0 Å². The fraction of sp³-hybridized carbons (Fsp3) is 0.200. The predicted octanol–water partition coefficient (Wildman–Crippen LogP) is 4.75. The lowest BCUT2D eigenvalue weighted by Gasteiger charge is -2.14. The van der Waals surface area contributed by atoms with Crippen molar-refractivity contribution >= 4 is 33.6 Å². The van der Waals surface area contributed by atoms with Crippen molar-refractivity contribution in [2.24, 2.45) is 0 Å². The zero-order chi connectivity index (χ0) is 28.0. The van der Waals surface area contributed by atoms with Gasteiger partial charge in [0, 0.05) is 6.07 Å². The van der Waals surface area contributed by atoms with Crippen LogP contribution in [0.4, 0.5) is 15.8 Å². The topological polar surface area (TPSA) is 135 Å². The highest BCUT2D eigenvalue weighted by Gasteiger charge is 2.24. The van der Waals surface area contributed by atoms with Gasteiger partial charge in [-0.15, -0.1) is 0 Å². The molecule has 0 aliphatic heterocycles. The number of halogens is 1. The van der Waals surface area contributed by atoms with E-state index in [9.17, 15) is 22.9 Å². The SMILES string of the molecule is COc1ccc(S(=O)(=O)Nc2cc(C=Cc3cc(OC)c(OC)c(OC)c3)cc(F)c2OC)cc1[N+](=O)[O-]. The van der Waals surface area contributed by atoms with E-state index in [-0.39, 0.29) is 22.7 Å². The van der Waals surface area contributed by atoms with Gasteiger partial charge in [-0.25, -0.2) is 12.8 Å². The number of hydrogen-bond acceptors (Lipinski definition) is 9. The first-order chi connectivity index (χ1) is 18.1. The summed E-state index contributed by atoms with van der Waals surface area (Å²) in [6.45, 7) is 0. The highest BCUT2D eigenvalue weighted by atomic mass is 32.2. The molecule has 202 valence electrons. The minimum Gasteiger partial charge on any atom is -0.493 e. The number of nitro groups is 1. The van der Waals surface area contributed by atoms with Gasteiger partial charge in [0.1, 0.15) is 0 Å². The quantitative estimate of drug-likeness (QED) is 0.205. The molecule has 3 aromatic carbocycles. The number of benzene rings is 3. The Morgan fingerprint density at radius 3 is 1.84 bits per heavy atom. The van der Waals surface area contributed by atoms with E-state index in [2.05, 4.69) is 4.72 Å². The lowest BCUT2D eigenvalue weighted by atomic mass is 10.1. The molecule has 0 saturated carbocycles. The van der Waals surface area contributed by atoms with E-state index in [0.717, 1.165) is 24.3 Å².